The third kappa shape index (κ3) is 1.92. The molecule has 2 aromatic heterocycles. The molecular weight excluding hydrogens is 254 g/mol. The van der Waals surface area contributed by atoms with Crippen molar-refractivity contribution in [2.24, 2.45) is 0 Å². The summed E-state index contributed by atoms with van der Waals surface area (Å²) in [5.41, 5.74) is 6.02. The van der Waals surface area contributed by atoms with Gasteiger partial charge in [0.1, 0.15) is 23.6 Å². The fourth-order valence-electron chi connectivity index (χ4n) is 1.94. The van der Waals surface area contributed by atoms with Crippen molar-refractivity contribution < 1.29 is 13.2 Å². The summed E-state index contributed by atoms with van der Waals surface area (Å²) in [4.78, 5) is 7.91. The Hall–Kier alpha value is -2.44. The summed E-state index contributed by atoms with van der Waals surface area (Å²) >= 11 is 0. The maximum absolute atomic E-state index is 13.6. The molecule has 2 N–H and O–H groups in total. The molecule has 3 aromatic rings. The van der Waals surface area contributed by atoms with Crippen LogP contribution >= 0.6 is 0 Å². The number of nitrogens with two attached hydrogens (primary N) is 1. The predicted octanol–water partition coefficient (Wildman–Crippen LogP) is 2.24. The van der Waals surface area contributed by atoms with Gasteiger partial charge in [0.2, 0.25) is 11.8 Å². The Kier molecular flexibility index (Phi) is 2.48. The lowest BCUT2D eigenvalue weighted by Gasteiger charge is -2.03. The minimum absolute atomic E-state index is 0.0298. The van der Waals surface area contributed by atoms with Gasteiger partial charge < -0.3 is 14.7 Å². The van der Waals surface area contributed by atoms with Crippen LogP contribution < -0.4 is 5.73 Å². The fraction of sp³-hybridized carbons (Fsp3) is 0.167. The minimum Gasteiger partial charge on any atom is -0.444 e. The van der Waals surface area contributed by atoms with Gasteiger partial charge in [0.25, 0.3) is 0 Å². The number of imidazole rings is 1. The van der Waals surface area contributed by atoms with Crippen molar-refractivity contribution in [1.29, 1.82) is 0 Å². The average molecular weight is 264 g/mol. The first kappa shape index (κ1) is 11.6. The highest BCUT2D eigenvalue weighted by molar-refractivity contribution is 5.79. The van der Waals surface area contributed by atoms with Crippen LogP contribution in [0.25, 0.3) is 11.0 Å². The van der Waals surface area contributed by atoms with Gasteiger partial charge in [0, 0.05) is 12.1 Å². The lowest BCUT2D eigenvalue weighted by atomic mass is 10.3. The highest BCUT2D eigenvalue weighted by Gasteiger charge is 2.15. The molecule has 0 fully saturated rings. The lowest BCUT2D eigenvalue weighted by molar-refractivity contribution is 0.460. The minimum atomic E-state index is -0.746. The van der Waals surface area contributed by atoms with Gasteiger partial charge in [-0.3, -0.25) is 0 Å². The molecule has 0 atom stereocenters. The van der Waals surface area contributed by atoms with E-state index in [4.69, 9.17) is 10.2 Å². The molecule has 0 spiro atoms. The molecular formula is C12H10F2N4O. The van der Waals surface area contributed by atoms with Crippen LogP contribution in [0.15, 0.2) is 22.7 Å². The van der Waals surface area contributed by atoms with Crippen LogP contribution in [0.1, 0.15) is 11.7 Å². The number of aryl methyl sites for hydroxylation is 1. The second-order valence-electron chi connectivity index (χ2n) is 4.18. The van der Waals surface area contributed by atoms with Crippen molar-refractivity contribution in [3.8, 4) is 0 Å². The van der Waals surface area contributed by atoms with E-state index in [2.05, 4.69) is 9.97 Å². The number of benzene rings is 1. The molecule has 0 aliphatic carbocycles. The van der Waals surface area contributed by atoms with Crippen LogP contribution in [0.2, 0.25) is 0 Å². The molecule has 0 saturated carbocycles. The normalized spacial score (nSPS) is 11.3. The summed E-state index contributed by atoms with van der Waals surface area (Å²) < 4.78 is 33.6. The van der Waals surface area contributed by atoms with E-state index in [1.165, 1.54) is 10.6 Å². The maximum atomic E-state index is 13.6. The Balaban J connectivity index is 2.15. The van der Waals surface area contributed by atoms with Crippen molar-refractivity contribution in [2.45, 2.75) is 13.5 Å². The third-order valence-electron chi connectivity index (χ3n) is 2.76. The topological polar surface area (TPSA) is 69.9 Å². The molecule has 0 bridgehead atoms. The number of oxazole rings is 1. The Morgan fingerprint density at radius 2 is 2.16 bits per heavy atom. The number of hydrogen-bond donors (Lipinski definition) is 1. The number of nitrogens with zero attached hydrogens (tertiary/aromatic N) is 3. The van der Waals surface area contributed by atoms with Crippen LogP contribution in [-0.2, 0) is 6.54 Å². The molecule has 0 amide bonds. The summed E-state index contributed by atoms with van der Waals surface area (Å²) in [6.07, 6.45) is 1.56. The van der Waals surface area contributed by atoms with E-state index in [0.717, 1.165) is 6.07 Å². The van der Waals surface area contributed by atoms with Gasteiger partial charge in [-0.25, -0.2) is 18.7 Å². The first-order valence-corrected chi connectivity index (χ1v) is 5.56. The Morgan fingerprint density at radius 1 is 1.37 bits per heavy atom. The van der Waals surface area contributed by atoms with Crippen LogP contribution in [0.4, 0.5) is 14.7 Å². The fourth-order valence-corrected chi connectivity index (χ4v) is 1.94. The highest BCUT2D eigenvalue weighted by atomic mass is 19.1. The smallest absolute Gasteiger partial charge is 0.214 e. The van der Waals surface area contributed by atoms with E-state index in [1.807, 2.05) is 0 Å². The molecule has 98 valence electrons. The molecule has 1 aromatic carbocycles. The summed E-state index contributed by atoms with van der Waals surface area (Å²) in [6.45, 7) is 1.92. The Morgan fingerprint density at radius 3 is 2.84 bits per heavy atom. The van der Waals surface area contributed by atoms with Crippen molar-refractivity contribution in [3.05, 3.63) is 41.6 Å². The first-order valence-electron chi connectivity index (χ1n) is 5.56. The van der Waals surface area contributed by atoms with Gasteiger partial charge in [0.15, 0.2) is 5.82 Å². The molecule has 0 saturated heterocycles. The average Bonchev–Trinajstić information content (AvgIpc) is 2.87. The maximum Gasteiger partial charge on any atom is 0.214 e. The number of halogens is 2. The Labute approximate surface area is 106 Å². The number of aromatic nitrogens is 3. The highest BCUT2D eigenvalue weighted by Crippen LogP contribution is 2.23. The zero-order valence-corrected chi connectivity index (χ0v) is 10.0. The summed E-state index contributed by atoms with van der Waals surface area (Å²) in [7, 11) is 0. The van der Waals surface area contributed by atoms with Crippen LogP contribution in [-0.4, -0.2) is 14.5 Å². The SMILES string of the molecule is Cc1cnc(Cn2c(N)nc3c(F)cc(F)cc32)o1. The van der Waals surface area contributed by atoms with Crippen LogP contribution in [0.5, 0.6) is 0 Å². The van der Waals surface area contributed by atoms with E-state index in [1.54, 1.807) is 13.1 Å². The van der Waals surface area contributed by atoms with Gasteiger partial charge in [0.05, 0.1) is 11.7 Å². The van der Waals surface area contributed by atoms with Crippen molar-refractivity contribution in [1.82, 2.24) is 14.5 Å². The van der Waals surface area contributed by atoms with Crippen molar-refractivity contribution >= 4 is 17.0 Å². The summed E-state index contributed by atoms with van der Waals surface area (Å²) in [5, 5.41) is 0. The summed E-state index contributed by atoms with van der Waals surface area (Å²) in [5.74, 6) is -0.308. The molecule has 3 rings (SSSR count). The molecule has 0 aliphatic rings. The lowest BCUT2D eigenvalue weighted by Crippen LogP contribution is -2.04. The number of anilines is 1. The summed E-state index contributed by atoms with van der Waals surface area (Å²) in [6, 6.07) is 1.95. The Bertz CT molecular complexity index is 763. The predicted molar refractivity (Wildman–Crippen MR) is 64.4 cm³/mol. The van der Waals surface area contributed by atoms with Gasteiger partial charge in [-0.1, -0.05) is 0 Å². The van der Waals surface area contributed by atoms with E-state index in [-0.39, 0.29) is 23.5 Å². The number of nitrogen functional groups attached to an aromatic ring is 1. The zero-order chi connectivity index (χ0) is 13.6. The second kappa shape index (κ2) is 4.04. The molecule has 19 heavy (non-hydrogen) atoms. The van der Waals surface area contributed by atoms with Crippen LogP contribution in [0.3, 0.4) is 0 Å². The standard InChI is InChI=1S/C12H10F2N4O/c1-6-4-16-10(19-6)5-18-9-3-7(13)2-8(14)11(9)17-12(18)15/h2-4H,5H2,1H3,(H2,15,17). The number of rotatable bonds is 2. The molecule has 2 heterocycles. The largest absolute Gasteiger partial charge is 0.444 e. The van der Waals surface area contributed by atoms with Gasteiger partial charge in [-0.2, -0.15) is 0 Å². The molecule has 0 aliphatic heterocycles. The van der Waals surface area contributed by atoms with Gasteiger partial charge in [-0.15, -0.1) is 0 Å². The number of hydrogen-bond acceptors (Lipinski definition) is 4. The number of fused-ring (bicyclic) bond motifs is 1. The van der Waals surface area contributed by atoms with E-state index in [9.17, 15) is 8.78 Å². The van der Waals surface area contributed by atoms with Crippen molar-refractivity contribution in [2.75, 3.05) is 5.73 Å². The van der Waals surface area contributed by atoms with Crippen molar-refractivity contribution in [3.63, 3.8) is 0 Å². The van der Waals surface area contributed by atoms with Crippen LogP contribution in [0, 0.1) is 18.6 Å². The quantitative estimate of drug-likeness (QED) is 0.770. The first-order chi connectivity index (χ1) is 9.04. The third-order valence-corrected chi connectivity index (χ3v) is 2.76. The molecule has 0 radical (unpaired) electrons. The van der Waals surface area contributed by atoms with E-state index >= 15 is 0 Å². The van der Waals surface area contributed by atoms with E-state index < -0.39 is 11.6 Å². The molecule has 7 heteroatoms. The zero-order valence-electron chi connectivity index (χ0n) is 10.0. The van der Waals surface area contributed by atoms with Gasteiger partial charge >= 0.3 is 0 Å². The van der Waals surface area contributed by atoms with E-state index in [0.29, 0.717) is 11.7 Å². The molecule has 5 nitrogen and oxygen atoms in total. The molecule has 0 unspecified atom stereocenters. The van der Waals surface area contributed by atoms with Gasteiger partial charge in [-0.05, 0) is 6.92 Å². The monoisotopic (exact) mass is 264 g/mol. The second-order valence-corrected chi connectivity index (χ2v) is 4.18.